The number of anilines is 1. The fraction of sp³-hybridized carbons (Fsp3) is 0.200. The summed E-state index contributed by atoms with van der Waals surface area (Å²) in [6.07, 6.45) is 0. The number of benzene rings is 1. The summed E-state index contributed by atoms with van der Waals surface area (Å²) in [5.41, 5.74) is 0.868. The number of carbonyl (C=O) groups excluding carboxylic acids is 2. The summed E-state index contributed by atoms with van der Waals surface area (Å²) in [5.74, 6) is -1.29. The van der Waals surface area contributed by atoms with Gasteiger partial charge < -0.3 is 10.6 Å². The van der Waals surface area contributed by atoms with E-state index in [0.717, 1.165) is 5.56 Å². The first-order valence-corrected chi connectivity index (χ1v) is 7.26. The molecule has 2 N–H and O–H groups in total. The van der Waals surface area contributed by atoms with Crippen LogP contribution >= 0.6 is 11.3 Å². The summed E-state index contributed by atoms with van der Waals surface area (Å²) >= 11 is 1.29. The van der Waals surface area contributed by atoms with Gasteiger partial charge in [-0.2, -0.15) is 0 Å². The third-order valence-electron chi connectivity index (χ3n) is 2.87. The Kier molecular flexibility index (Phi) is 4.70. The van der Waals surface area contributed by atoms with Gasteiger partial charge in [0.1, 0.15) is 11.9 Å². The van der Waals surface area contributed by atoms with Crippen LogP contribution in [0.2, 0.25) is 0 Å². The van der Waals surface area contributed by atoms with Gasteiger partial charge in [-0.25, -0.2) is 4.39 Å². The molecule has 0 aliphatic carbocycles. The standard InChI is InChI=1S/C15H15FN2O2S/c1-9-5-6-12(11(16)8-9)18-14(19)10(2)17-15(20)13-4-3-7-21-13/h3-8,10H,1-2H3,(H,17,20)(H,18,19)/t10-/m1/s1. The minimum Gasteiger partial charge on any atom is -0.340 e. The van der Waals surface area contributed by atoms with Gasteiger partial charge in [0.15, 0.2) is 0 Å². The molecule has 0 saturated carbocycles. The highest BCUT2D eigenvalue weighted by Gasteiger charge is 2.18. The molecule has 0 saturated heterocycles. The van der Waals surface area contributed by atoms with Crippen LogP contribution in [0.5, 0.6) is 0 Å². The molecule has 0 unspecified atom stereocenters. The van der Waals surface area contributed by atoms with Crippen LogP contribution in [0.4, 0.5) is 10.1 Å². The molecule has 1 atom stereocenters. The van der Waals surface area contributed by atoms with Crippen molar-refractivity contribution in [1.29, 1.82) is 0 Å². The zero-order valence-electron chi connectivity index (χ0n) is 11.6. The van der Waals surface area contributed by atoms with Crippen molar-refractivity contribution in [3.05, 3.63) is 52.0 Å². The molecule has 2 aromatic rings. The maximum atomic E-state index is 13.7. The summed E-state index contributed by atoms with van der Waals surface area (Å²) < 4.78 is 13.7. The number of hydrogen-bond donors (Lipinski definition) is 2. The number of amides is 2. The monoisotopic (exact) mass is 306 g/mol. The molecule has 0 bridgehead atoms. The molecule has 0 aliphatic rings. The Hall–Kier alpha value is -2.21. The van der Waals surface area contributed by atoms with Gasteiger partial charge in [0, 0.05) is 0 Å². The van der Waals surface area contributed by atoms with Crippen LogP contribution in [0.1, 0.15) is 22.2 Å². The normalized spacial score (nSPS) is 11.8. The quantitative estimate of drug-likeness (QED) is 0.912. The minimum atomic E-state index is -0.764. The summed E-state index contributed by atoms with van der Waals surface area (Å²) in [6, 6.07) is 7.20. The van der Waals surface area contributed by atoms with E-state index >= 15 is 0 Å². The number of rotatable bonds is 4. The number of nitrogens with one attached hydrogen (secondary N) is 2. The van der Waals surface area contributed by atoms with E-state index < -0.39 is 17.8 Å². The lowest BCUT2D eigenvalue weighted by Gasteiger charge is -2.14. The van der Waals surface area contributed by atoms with E-state index in [2.05, 4.69) is 10.6 Å². The van der Waals surface area contributed by atoms with Gasteiger partial charge in [0.05, 0.1) is 10.6 Å². The third-order valence-corrected chi connectivity index (χ3v) is 3.74. The SMILES string of the molecule is Cc1ccc(NC(=O)[C@@H](C)NC(=O)c2cccs2)c(F)c1. The highest BCUT2D eigenvalue weighted by molar-refractivity contribution is 7.12. The van der Waals surface area contributed by atoms with Gasteiger partial charge in [0.25, 0.3) is 5.91 Å². The molecule has 2 amide bonds. The van der Waals surface area contributed by atoms with E-state index in [1.54, 1.807) is 37.4 Å². The summed E-state index contributed by atoms with van der Waals surface area (Å²) in [5, 5.41) is 6.81. The van der Waals surface area contributed by atoms with Crippen molar-refractivity contribution in [1.82, 2.24) is 5.32 Å². The zero-order chi connectivity index (χ0) is 15.4. The lowest BCUT2D eigenvalue weighted by atomic mass is 10.2. The Morgan fingerprint density at radius 2 is 2.05 bits per heavy atom. The average Bonchev–Trinajstić information content (AvgIpc) is 2.95. The van der Waals surface area contributed by atoms with Crippen LogP contribution in [0.3, 0.4) is 0 Å². The largest absolute Gasteiger partial charge is 0.340 e. The fourth-order valence-electron chi connectivity index (χ4n) is 1.70. The Morgan fingerprint density at radius 1 is 1.29 bits per heavy atom. The molecule has 1 aromatic heterocycles. The molecule has 4 nitrogen and oxygen atoms in total. The predicted molar refractivity (Wildman–Crippen MR) is 81.0 cm³/mol. The Morgan fingerprint density at radius 3 is 2.67 bits per heavy atom. The van der Waals surface area contributed by atoms with Gasteiger partial charge >= 0.3 is 0 Å². The molecule has 1 heterocycles. The molecule has 0 radical (unpaired) electrons. The molecule has 6 heteroatoms. The second kappa shape index (κ2) is 6.49. The lowest BCUT2D eigenvalue weighted by molar-refractivity contribution is -0.117. The van der Waals surface area contributed by atoms with Gasteiger partial charge in [0.2, 0.25) is 5.91 Å². The van der Waals surface area contributed by atoms with Crippen LogP contribution < -0.4 is 10.6 Å². The average molecular weight is 306 g/mol. The first-order valence-electron chi connectivity index (χ1n) is 6.39. The molecule has 0 fully saturated rings. The van der Waals surface area contributed by atoms with Crippen molar-refractivity contribution in [2.24, 2.45) is 0 Å². The number of carbonyl (C=O) groups is 2. The van der Waals surface area contributed by atoms with Crippen LogP contribution in [-0.2, 0) is 4.79 Å². The van der Waals surface area contributed by atoms with E-state index in [9.17, 15) is 14.0 Å². The molecule has 1 aromatic carbocycles. The van der Waals surface area contributed by atoms with Crippen LogP contribution in [0, 0.1) is 12.7 Å². The molecule has 0 spiro atoms. The van der Waals surface area contributed by atoms with Crippen LogP contribution in [-0.4, -0.2) is 17.9 Å². The number of thiophene rings is 1. The maximum absolute atomic E-state index is 13.7. The highest BCUT2D eigenvalue weighted by atomic mass is 32.1. The van der Waals surface area contributed by atoms with Gasteiger partial charge in [-0.15, -0.1) is 11.3 Å². The predicted octanol–water partition coefficient (Wildman–Crippen LogP) is 2.95. The highest BCUT2D eigenvalue weighted by Crippen LogP contribution is 2.15. The second-order valence-electron chi connectivity index (χ2n) is 4.65. The van der Waals surface area contributed by atoms with Crippen molar-refractivity contribution >= 4 is 28.8 Å². The van der Waals surface area contributed by atoms with Crippen molar-refractivity contribution < 1.29 is 14.0 Å². The first-order chi connectivity index (χ1) is 9.97. The smallest absolute Gasteiger partial charge is 0.261 e. The molecule has 110 valence electrons. The fourth-order valence-corrected chi connectivity index (χ4v) is 2.33. The van der Waals surface area contributed by atoms with Gasteiger partial charge in [-0.3, -0.25) is 9.59 Å². The third kappa shape index (κ3) is 3.88. The summed E-state index contributed by atoms with van der Waals surface area (Å²) in [4.78, 5) is 24.3. The topological polar surface area (TPSA) is 58.2 Å². The van der Waals surface area contributed by atoms with E-state index in [-0.39, 0.29) is 11.6 Å². The van der Waals surface area contributed by atoms with Crippen molar-refractivity contribution in [2.75, 3.05) is 5.32 Å². The Labute approximate surface area is 126 Å². The lowest BCUT2D eigenvalue weighted by Crippen LogP contribution is -2.41. The Balaban J connectivity index is 1.98. The zero-order valence-corrected chi connectivity index (χ0v) is 12.5. The summed E-state index contributed by atoms with van der Waals surface area (Å²) in [6.45, 7) is 3.31. The van der Waals surface area contributed by atoms with Gasteiger partial charge in [-0.05, 0) is 43.0 Å². The molecular formula is C15H15FN2O2S. The van der Waals surface area contributed by atoms with E-state index in [4.69, 9.17) is 0 Å². The van der Waals surface area contributed by atoms with Crippen molar-refractivity contribution in [2.45, 2.75) is 19.9 Å². The van der Waals surface area contributed by atoms with Crippen LogP contribution in [0.25, 0.3) is 0 Å². The van der Waals surface area contributed by atoms with E-state index in [1.165, 1.54) is 23.5 Å². The van der Waals surface area contributed by atoms with Crippen molar-refractivity contribution in [3.8, 4) is 0 Å². The Bertz CT molecular complexity index is 656. The van der Waals surface area contributed by atoms with E-state index in [0.29, 0.717) is 4.88 Å². The maximum Gasteiger partial charge on any atom is 0.261 e. The molecule has 2 rings (SSSR count). The number of hydrogen-bond acceptors (Lipinski definition) is 3. The van der Waals surface area contributed by atoms with Crippen LogP contribution in [0.15, 0.2) is 35.7 Å². The van der Waals surface area contributed by atoms with E-state index in [1.807, 2.05) is 0 Å². The van der Waals surface area contributed by atoms with Crippen molar-refractivity contribution in [3.63, 3.8) is 0 Å². The number of halogens is 1. The summed E-state index contributed by atoms with van der Waals surface area (Å²) in [7, 11) is 0. The molecular weight excluding hydrogens is 291 g/mol. The first kappa shape index (κ1) is 15.2. The van der Waals surface area contributed by atoms with Gasteiger partial charge in [-0.1, -0.05) is 12.1 Å². The minimum absolute atomic E-state index is 0.0998. The molecule has 0 aliphatic heterocycles. The second-order valence-corrected chi connectivity index (χ2v) is 5.59. The molecule has 21 heavy (non-hydrogen) atoms. The number of aryl methyl sites for hydroxylation is 1.